The number of aromatic nitrogens is 1. The first-order valence-corrected chi connectivity index (χ1v) is 13.1. The lowest BCUT2D eigenvalue weighted by Gasteiger charge is -2.13. The quantitative estimate of drug-likeness (QED) is 0.135. The van der Waals surface area contributed by atoms with Crippen LogP contribution in [0.3, 0.4) is 0 Å². The molecule has 0 radical (unpaired) electrons. The molecule has 0 aliphatic carbocycles. The molecule has 2 amide bonds. The second-order valence-corrected chi connectivity index (χ2v) is 9.41. The number of nitrogens with two attached hydrogens (primary N) is 1. The largest absolute Gasteiger partial charge is 0.490 e. The molecule has 0 aliphatic heterocycles. The van der Waals surface area contributed by atoms with Crippen molar-refractivity contribution in [2.45, 2.75) is 58.3 Å². The number of nitrogens with zero attached hydrogens (tertiary/aromatic N) is 1. The van der Waals surface area contributed by atoms with E-state index < -0.39 is 48.1 Å². The van der Waals surface area contributed by atoms with E-state index in [2.05, 4.69) is 20.4 Å². The summed E-state index contributed by atoms with van der Waals surface area (Å²) in [5.41, 5.74) is 6.02. The van der Waals surface area contributed by atoms with Gasteiger partial charge in [-0.25, -0.2) is 13.8 Å². The minimum absolute atomic E-state index is 0. The zero-order valence-corrected chi connectivity index (χ0v) is 24.4. The molecule has 2 unspecified atom stereocenters. The van der Waals surface area contributed by atoms with Gasteiger partial charge in [-0.05, 0) is 51.0 Å². The number of alkyl halides is 2. The smallest absolute Gasteiger partial charge is 0.387 e. The minimum Gasteiger partial charge on any atom is -0.490 e. The lowest BCUT2D eigenvalue weighted by Crippen LogP contribution is -2.38. The van der Waals surface area contributed by atoms with Gasteiger partial charge in [-0.1, -0.05) is 6.07 Å². The van der Waals surface area contributed by atoms with E-state index >= 15 is 0 Å². The Morgan fingerprint density at radius 1 is 1.07 bits per heavy atom. The highest BCUT2D eigenvalue weighted by Crippen LogP contribution is 2.35. The molecule has 240 valence electrons. The van der Waals surface area contributed by atoms with Gasteiger partial charge in [0.15, 0.2) is 23.0 Å². The zero-order valence-electron chi connectivity index (χ0n) is 23.6. The molecular weight excluding hydrogens is 616 g/mol. The molecule has 2 aromatic carbocycles. The normalized spacial score (nSPS) is 12.2. The van der Waals surface area contributed by atoms with Crippen molar-refractivity contribution >= 4 is 30.2 Å². The maximum atomic E-state index is 14.0. The number of rotatable bonds is 15. The first-order valence-electron chi connectivity index (χ1n) is 13.1. The van der Waals surface area contributed by atoms with Crippen molar-refractivity contribution < 1.29 is 50.9 Å². The lowest BCUT2D eigenvalue weighted by atomic mass is 10.2. The van der Waals surface area contributed by atoms with Crippen LogP contribution in [0.25, 0.3) is 11.5 Å². The Labute approximate surface area is 255 Å². The SMILES string of the molecule is CC(NC(=O)CCCCOc1cc(-c2nc(C(=O)NCc3ccc(F)cc3F)c(C(C)N)o2)ccc1OC(F)F)C(=O)O.Cl. The second kappa shape index (κ2) is 16.5. The number of carbonyl (C=O) groups excluding carboxylic acids is 2. The Hall–Kier alpha value is -4.37. The molecule has 0 aliphatic rings. The molecule has 1 aromatic heterocycles. The van der Waals surface area contributed by atoms with Crippen LogP contribution in [0, 0.1) is 11.6 Å². The van der Waals surface area contributed by atoms with Crippen LogP contribution in [-0.2, 0) is 16.1 Å². The summed E-state index contributed by atoms with van der Waals surface area (Å²) in [5, 5.41) is 13.6. The predicted molar refractivity (Wildman–Crippen MR) is 151 cm³/mol. The van der Waals surface area contributed by atoms with E-state index in [0.29, 0.717) is 18.9 Å². The molecule has 16 heteroatoms. The lowest BCUT2D eigenvalue weighted by molar-refractivity contribution is -0.141. The fraction of sp³-hybridized carbons (Fsp3) is 0.357. The highest BCUT2D eigenvalue weighted by Gasteiger charge is 2.24. The Morgan fingerprint density at radius 3 is 2.43 bits per heavy atom. The van der Waals surface area contributed by atoms with Gasteiger partial charge in [0, 0.05) is 30.2 Å². The summed E-state index contributed by atoms with van der Waals surface area (Å²) in [4.78, 5) is 39.8. The summed E-state index contributed by atoms with van der Waals surface area (Å²) < 4.78 is 69.0. The third-order valence-electron chi connectivity index (χ3n) is 5.95. The van der Waals surface area contributed by atoms with E-state index in [1.54, 1.807) is 0 Å². The van der Waals surface area contributed by atoms with Crippen LogP contribution >= 0.6 is 12.4 Å². The molecule has 3 rings (SSSR count). The van der Waals surface area contributed by atoms with Crippen molar-refractivity contribution in [1.29, 1.82) is 0 Å². The van der Waals surface area contributed by atoms with Gasteiger partial charge < -0.3 is 35.4 Å². The number of nitrogens with one attached hydrogen (secondary N) is 2. The number of ether oxygens (including phenoxy) is 2. The summed E-state index contributed by atoms with van der Waals surface area (Å²) in [7, 11) is 0. The van der Waals surface area contributed by atoms with E-state index in [0.717, 1.165) is 6.07 Å². The van der Waals surface area contributed by atoms with Crippen molar-refractivity contribution in [3.8, 4) is 23.0 Å². The molecular formula is C28H31ClF4N4O7. The van der Waals surface area contributed by atoms with Gasteiger partial charge in [0.25, 0.3) is 5.91 Å². The van der Waals surface area contributed by atoms with Crippen LogP contribution in [-0.4, -0.2) is 47.1 Å². The summed E-state index contributed by atoms with van der Waals surface area (Å²) in [6.45, 7) is -0.562. The van der Waals surface area contributed by atoms with Crippen LogP contribution < -0.4 is 25.8 Å². The molecule has 0 fully saturated rings. The fourth-order valence-electron chi connectivity index (χ4n) is 3.74. The average Bonchev–Trinajstić information content (AvgIpc) is 3.39. The summed E-state index contributed by atoms with van der Waals surface area (Å²) >= 11 is 0. The topological polar surface area (TPSA) is 166 Å². The molecule has 5 N–H and O–H groups in total. The summed E-state index contributed by atoms with van der Waals surface area (Å²) in [6, 6.07) is 4.95. The fourth-order valence-corrected chi connectivity index (χ4v) is 3.74. The minimum atomic E-state index is -3.15. The van der Waals surface area contributed by atoms with Crippen molar-refractivity contribution in [1.82, 2.24) is 15.6 Å². The highest BCUT2D eigenvalue weighted by molar-refractivity contribution is 5.94. The molecule has 3 aromatic rings. The Bertz CT molecular complexity index is 1460. The monoisotopic (exact) mass is 646 g/mol. The molecule has 44 heavy (non-hydrogen) atoms. The van der Waals surface area contributed by atoms with E-state index in [4.69, 9.17) is 20.0 Å². The molecule has 0 spiro atoms. The van der Waals surface area contributed by atoms with Gasteiger partial charge in [-0.2, -0.15) is 8.78 Å². The summed E-state index contributed by atoms with van der Waals surface area (Å²) in [5.74, 6) is -4.47. The number of aliphatic carboxylic acids is 1. The number of amides is 2. The van der Waals surface area contributed by atoms with Crippen LogP contribution in [0.1, 0.15) is 61.0 Å². The number of carboxylic acid groups (broad SMARTS) is 1. The third kappa shape index (κ3) is 10.1. The maximum absolute atomic E-state index is 14.0. The van der Waals surface area contributed by atoms with Crippen molar-refractivity contribution in [3.05, 3.63) is 65.1 Å². The number of benzene rings is 2. The summed E-state index contributed by atoms with van der Waals surface area (Å²) in [6.07, 6.45) is 0.664. The number of oxazole rings is 1. The van der Waals surface area contributed by atoms with Gasteiger partial charge in [0.2, 0.25) is 11.8 Å². The molecule has 2 atom stereocenters. The number of carboxylic acids is 1. The van der Waals surface area contributed by atoms with Gasteiger partial charge >= 0.3 is 12.6 Å². The number of hydrogen-bond acceptors (Lipinski definition) is 8. The molecule has 1 heterocycles. The van der Waals surface area contributed by atoms with E-state index in [9.17, 15) is 31.9 Å². The van der Waals surface area contributed by atoms with Gasteiger partial charge in [0.05, 0.1) is 12.6 Å². The van der Waals surface area contributed by atoms with Gasteiger partial charge in [0.1, 0.15) is 17.7 Å². The van der Waals surface area contributed by atoms with Crippen molar-refractivity contribution in [2.24, 2.45) is 5.73 Å². The Balaban J connectivity index is 0.00000675. The molecule has 0 bridgehead atoms. The average molecular weight is 647 g/mol. The number of unbranched alkanes of at least 4 members (excludes halogenated alkanes) is 1. The predicted octanol–water partition coefficient (Wildman–Crippen LogP) is 4.73. The van der Waals surface area contributed by atoms with Crippen LogP contribution in [0.2, 0.25) is 0 Å². The van der Waals surface area contributed by atoms with E-state index in [1.165, 1.54) is 38.1 Å². The van der Waals surface area contributed by atoms with Crippen LogP contribution in [0.4, 0.5) is 17.6 Å². The molecule has 0 saturated carbocycles. The Morgan fingerprint density at radius 2 is 1.80 bits per heavy atom. The first-order chi connectivity index (χ1) is 20.3. The second-order valence-electron chi connectivity index (χ2n) is 9.41. The van der Waals surface area contributed by atoms with E-state index in [1.807, 2.05) is 0 Å². The molecule has 11 nitrogen and oxygen atoms in total. The van der Waals surface area contributed by atoms with Crippen LogP contribution in [0.5, 0.6) is 11.5 Å². The van der Waals surface area contributed by atoms with Crippen molar-refractivity contribution in [2.75, 3.05) is 6.61 Å². The number of hydrogen-bond donors (Lipinski definition) is 4. The van der Waals surface area contributed by atoms with Crippen molar-refractivity contribution in [3.63, 3.8) is 0 Å². The highest BCUT2D eigenvalue weighted by atomic mass is 35.5. The zero-order chi connectivity index (χ0) is 31.7. The number of carbonyl (C=O) groups is 3. The van der Waals surface area contributed by atoms with E-state index in [-0.39, 0.29) is 72.0 Å². The molecule has 0 saturated heterocycles. The number of halogens is 5. The maximum Gasteiger partial charge on any atom is 0.387 e. The first kappa shape index (κ1) is 35.8. The van der Waals surface area contributed by atoms with Gasteiger partial charge in [-0.15, -0.1) is 12.4 Å². The standard InChI is InChI=1S/C28H30F4N4O7.ClH/c1-14(33)24-23(25(38)34-13-17-6-8-18(29)12-19(17)30)36-26(43-24)16-7-9-20(42-28(31)32)21(11-16)41-10-4-3-5-22(37)35-15(2)27(39)40;/h6-9,11-12,14-15,28H,3-5,10,13,33H2,1-2H3,(H,34,38)(H,35,37)(H,39,40);1H. The Kier molecular flexibility index (Phi) is 13.4. The third-order valence-corrected chi connectivity index (χ3v) is 5.95. The van der Waals surface area contributed by atoms with Crippen LogP contribution in [0.15, 0.2) is 40.8 Å². The van der Waals surface area contributed by atoms with Gasteiger partial charge in [-0.3, -0.25) is 14.4 Å².